The fraction of sp³-hybridized carbons (Fsp3) is 1.00. The van der Waals surface area contributed by atoms with Gasteiger partial charge in [-0.25, -0.2) is 8.78 Å². The molecular weight excluding hydrogens is 268 g/mol. The van der Waals surface area contributed by atoms with Crippen molar-refractivity contribution in [2.75, 3.05) is 0 Å². The van der Waals surface area contributed by atoms with Gasteiger partial charge in [-0.05, 0) is 0 Å². The number of rotatable bonds is 1. The van der Waals surface area contributed by atoms with Gasteiger partial charge in [0.1, 0.15) is 0 Å². The van der Waals surface area contributed by atoms with Crippen LogP contribution in [-0.4, -0.2) is 29.8 Å². The third kappa shape index (κ3) is 1.86. The highest BCUT2D eigenvalue weighted by Gasteiger charge is 2.82. The van der Waals surface area contributed by atoms with Crippen LogP contribution in [0, 0.1) is 0 Å². The lowest BCUT2D eigenvalue weighted by atomic mass is 10.2. The standard InChI is InChI=1S/C7H6F8O2/c1-3(8)4(2,9)17-7(15,16-3)5(10,11)6(12,13)14/h1-2H3. The van der Waals surface area contributed by atoms with Crippen LogP contribution in [-0.2, 0) is 9.47 Å². The molecule has 1 aliphatic heterocycles. The molecule has 0 aliphatic carbocycles. The minimum absolute atomic E-state index is 0.126. The second-order valence-electron chi connectivity index (χ2n) is 3.65. The first kappa shape index (κ1) is 14.4. The van der Waals surface area contributed by atoms with Crippen LogP contribution in [0.1, 0.15) is 13.8 Å². The molecule has 102 valence electrons. The van der Waals surface area contributed by atoms with E-state index in [1.807, 2.05) is 0 Å². The molecule has 0 saturated carbocycles. The second kappa shape index (κ2) is 3.22. The largest absolute Gasteiger partial charge is 0.462 e. The van der Waals surface area contributed by atoms with Crippen molar-refractivity contribution >= 4 is 0 Å². The van der Waals surface area contributed by atoms with Gasteiger partial charge in [0.15, 0.2) is 0 Å². The first-order valence-corrected chi connectivity index (χ1v) is 4.08. The summed E-state index contributed by atoms with van der Waals surface area (Å²) in [5.74, 6) is -13.8. The van der Waals surface area contributed by atoms with Crippen LogP contribution in [0.15, 0.2) is 0 Å². The van der Waals surface area contributed by atoms with E-state index in [0.717, 1.165) is 0 Å². The first-order valence-electron chi connectivity index (χ1n) is 4.08. The third-order valence-corrected chi connectivity index (χ3v) is 2.17. The van der Waals surface area contributed by atoms with Crippen molar-refractivity contribution in [2.45, 2.75) is 43.7 Å². The Kier molecular flexibility index (Phi) is 2.73. The van der Waals surface area contributed by atoms with Gasteiger partial charge in [-0.15, -0.1) is 0 Å². The molecule has 0 spiro atoms. The molecule has 0 aromatic heterocycles. The smallest absolute Gasteiger partial charge is 0.276 e. The summed E-state index contributed by atoms with van der Waals surface area (Å²) < 4.78 is 107. The highest BCUT2D eigenvalue weighted by Crippen LogP contribution is 2.56. The lowest BCUT2D eigenvalue weighted by Crippen LogP contribution is -2.56. The molecule has 1 fully saturated rings. The van der Waals surface area contributed by atoms with Gasteiger partial charge in [-0.3, -0.25) is 9.47 Å². The normalized spacial score (nSPS) is 44.1. The monoisotopic (exact) mass is 274 g/mol. The predicted molar refractivity (Wildman–Crippen MR) is 36.0 cm³/mol. The van der Waals surface area contributed by atoms with E-state index in [1.54, 1.807) is 0 Å². The van der Waals surface area contributed by atoms with Gasteiger partial charge in [-0.1, -0.05) is 0 Å². The molecule has 1 saturated heterocycles. The van der Waals surface area contributed by atoms with Crippen LogP contribution in [0.3, 0.4) is 0 Å². The van der Waals surface area contributed by atoms with Crippen molar-refractivity contribution in [3.8, 4) is 0 Å². The molecule has 2 atom stereocenters. The molecule has 0 amide bonds. The topological polar surface area (TPSA) is 18.5 Å². The summed E-state index contributed by atoms with van der Waals surface area (Å²) in [5.41, 5.74) is 0. The van der Waals surface area contributed by atoms with Crippen molar-refractivity contribution in [1.29, 1.82) is 0 Å². The Hall–Kier alpha value is -0.640. The maximum Gasteiger partial charge on any atom is 0.462 e. The van der Waals surface area contributed by atoms with Crippen LogP contribution < -0.4 is 0 Å². The summed E-state index contributed by atoms with van der Waals surface area (Å²) in [6, 6.07) is -5.27. The minimum atomic E-state index is -6.43. The van der Waals surface area contributed by atoms with E-state index in [4.69, 9.17) is 0 Å². The maximum absolute atomic E-state index is 13.2. The van der Waals surface area contributed by atoms with Crippen molar-refractivity contribution < 1.29 is 44.6 Å². The molecule has 10 heteroatoms. The van der Waals surface area contributed by atoms with Gasteiger partial charge in [0, 0.05) is 13.8 Å². The molecule has 17 heavy (non-hydrogen) atoms. The lowest BCUT2D eigenvalue weighted by Gasteiger charge is -2.29. The van der Waals surface area contributed by atoms with Gasteiger partial charge >= 0.3 is 18.1 Å². The summed E-state index contributed by atoms with van der Waals surface area (Å²) in [6.45, 7) is 0.252. The Morgan fingerprint density at radius 3 is 1.29 bits per heavy atom. The van der Waals surface area contributed by atoms with E-state index in [2.05, 4.69) is 9.47 Å². The van der Waals surface area contributed by atoms with Crippen LogP contribution in [0.4, 0.5) is 35.1 Å². The van der Waals surface area contributed by atoms with Crippen LogP contribution >= 0.6 is 0 Å². The predicted octanol–water partition coefficient (Wildman–Crippen LogP) is 3.23. The van der Waals surface area contributed by atoms with Gasteiger partial charge in [-0.2, -0.15) is 26.3 Å². The SMILES string of the molecule is CC1(F)OC(F)(C(F)(F)C(F)(F)F)OC1(C)F. The van der Waals surface area contributed by atoms with Crippen LogP contribution in [0.25, 0.3) is 0 Å². The molecular formula is C7H6F8O2. The van der Waals surface area contributed by atoms with Gasteiger partial charge in [0.05, 0.1) is 0 Å². The minimum Gasteiger partial charge on any atom is -0.276 e. The first-order chi connectivity index (χ1) is 7.16. The summed E-state index contributed by atoms with van der Waals surface area (Å²) in [4.78, 5) is 0. The van der Waals surface area contributed by atoms with Gasteiger partial charge in [0.2, 0.25) is 0 Å². The average molecular weight is 274 g/mol. The lowest BCUT2D eigenvalue weighted by molar-refractivity contribution is -0.449. The molecule has 0 radical (unpaired) electrons. The highest BCUT2D eigenvalue weighted by molar-refractivity contribution is 4.96. The average Bonchev–Trinajstić information content (AvgIpc) is 2.14. The van der Waals surface area contributed by atoms with Crippen molar-refractivity contribution in [1.82, 2.24) is 0 Å². The van der Waals surface area contributed by atoms with E-state index in [9.17, 15) is 35.1 Å². The number of hydrogen-bond donors (Lipinski definition) is 0. The molecule has 2 unspecified atom stereocenters. The highest BCUT2D eigenvalue weighted by atomic mass is 19.4. The van der Waals surface area contributed by atoms with E-state index >= 15 is 0 Å². The Balaban J connectivity index is 3.18. The number of alkyl halides is 8. The molecule has 1 heterocycles. The van der Waals surface area contributed by atoms with Crippen molar-refractivity contribution in [3.05, 3.63) is 0 Å². The molecule has 0 aromatic rings. The second-order valence-corrected chi connectivity index (χ2v) is 3.65. The summed E-state index contributed by atoms with van der Waals surface area (Å²) in [7, 11) is 0. The van der Waals surface area contributed by atoms with E-state index < -0.39 is 29.8 Å². The zero-order chi connectivity index (χ0) is 13.9. The molecule has 1 aliphatic rings. The number of ether oxygens (including phenoxy) is 2. The Bertz CT molecular complexity index is 304. The summed E-state index contributed by atoms with van der Waals surface area (Å²) >= 11 is 0. The Labute approximate surface area is 89.5 Å². The summed E-state index contributed by atoms with van der Waals surface area (Å²) in [5, 5.41) is 0. The molecule has 1 rings (SSSR count). The van der Waals surface area contributed by atoms with Gasteiger partial charge in [0.25, 0.3) is 11.7 Å². The van der Waals surface area contributed by atoms with Crippen molar-refractivity contribution in [2.24, 2.45) is 0 Å². The van der Waals surface area contributed by atoms with Crippen LogP contribution in [0.5, 0.6) is 0 Å². The van der Waals surface area contributed by atoms with E-state index in [0.29, 0.717) is 0 Å². The zero-order valence-corrected chi connectivity index (χ0v) is 8.34. The Morgan fingerprint density at radius 1 is 0.765 bits per heavy atom. The number of halogens is 8. The maximum atomic E-state index is 13.2. The van der Waals surface area contributed by atoms with Crippen LogP contribution in [0.2, 0.25) is 0 Å². The van der Waals surface area contributed by atoms with E-state index in [1.165, 1.54) is 0 Å². The number of hydrogen-bond acceptors (Lipinski definition) is 2. The fourth-order valence-electron chi connectivity index (χ4n) is 0.994. The summed E-state index contributed by atoms with van der Waals surface area (Å²) in [6.07, 6.45) is -6.43. The van der Waals surface area contributed by atoms with Gasteiger partial charge < -0.3 is 0 Å². The van der Waals surface area contributed by atoms with Crippen molar-refractivity contribution in [3.63, 3.8) is 0 Å². The molecule has 0 bridgehead atoms. The zero-order valence-electron chi connectivity index (χ0n) is 8.34. The third-order valence-electron chi connectivity index (χ3n) is 2.17. The Morgan fingerprint density at radius 2 is 1.06 bits per heavy atom. The molecule has 0 aromatic carbocycles. The quantitative estimate of drug-likeness (QED) is 0.683. The van der Waals surface area contributed by atoms with E-state index in [-0.39, 0.29) is 13.8 Å². The molecule has 0 N–H and O–H groups in total. The fourth-order valence-corrected chi connectivity index (χ4v) is 0.994. The molecule has 2 nitrogen and oxygen atoms in total.